The molecule has 11 heteroatoms. The molecule has 2 N–H and O–H groups in total. The minimum Gasteiger partial charge on any atom is -0.424 e. The summed E-state index contributed by atoms with van der Waals surface area (Å²) < 4.78 is 46.5. The summed E-state index contributed by atoms with van der Waals surface area (Å²) in [6.07, 6.45) is -4.20. The molecule has 1 aromatic heterocycles. The predicted molar refractivity (Wildman–Crippen MR) is 105 cm³/mol. The topological polar surface area (TPSA) is 97.5 Å². The normalized spacial score (nSPS) is 31.8. The van der Waals surface area contributed by atoms with Gasteiger partial charge in [-0.2, -0.15) is 0 Å². The molecule has 2 bridgehead atoms. The zero-order valence-corrected chi connectivity index (χ0v) is 17.6. The Balaban J connectivity index is 1.11. The smallest absolute Gasteiger partial charge is 0.424 e. The van der Waals surface area contributed by atoms with Crippen molar-refractivity contribution in [3.8, 4) is 0 Å². The fraction of sp³-hybridized carbons (Fsp3) is 0.571. The van der Waals surface area contributed by atoms with Crippen molar-refractivity contribution in [3.63, 3.8) is 0 Å². The first-order chi connectivity index (χ1) is 15.0. The van der Waals surface area contributed by atoms with Crippen molar-refractivity contribution in [1.29, 1.82) is 0 Å². The van der Waals surface area contributed by atoms with Crippen LogP contribution in [0.25, 0.3) is 0 Å². The Labute approximate surface area is 186 Å². The number of nitrogens with one attached hydrogen (secondary N) is 1. The van der Waals surface area contributed by atoms with E-state index in [1.165, 1.54) is 0 Å². The standard InChI is InChI=1S/C21H21ClF3N3O4/c22-13-3-1-11(2-4-13)5-15(29)16(30)26-20-8-19(9-20,10-20)18-28-27-17(31-18)12-6-14(7-12)32-21(23,24)25/h1-4,12,14-15,29H,5-10H2,(H,26,30)/t12-,14+,15?,19?,20?. The molecule has 172 valence electrons. The molecule has 1 unspecified atom stereocenters. The fourth-order valence-corrected chi connectivity index (χ4v) is 5.22. The van der Waals surface area contributed by atoms with E-state index in [9.17, 15) is 23.1 Å². The van der Waals surface area contributed by atoms with Gasteiger partial charge in [-0.15, -0.1) is 23.4 Å². The molecule has 4 saturated carbocycles. The quantitative estimate of drug-likeness (QED) is 0.642. The van der Waals surface area contributed by atoms with E-state index in [2.05, 4.69) is 20.3 Å². The molecule has 2 aromatic rings. The van der Waals surface area contributed by atoms with Gasteiger partial charge < -0.3 is 14.8 Å². The molecule has 4 aliphatic rings. The van der Waals surface area contributed by atoms with E-state index < -0.39 is 24.5 Å². The molecule has 7 nitrogen and oxygen atoms in total. The molecule has 1 amide bonds. The van der Waals surface area contributed by atoms with Gasteiger partial charge in [0, 0.05) is 22.9 Å². The fourth-order valence-electron chi connectivity index (χ4n) is 5.09. The zero-order valence-electron chi connectivity index (χ0n) is 16.9. The molecule has 32 heavy (non-hydrogen) atoms. The third kappa shape index (κ3) is 3.99. The van der Waals surface area contributed by atoms with Crippen LogP contribution >= 0.6 is 11.6 Å². The van der Waals surface area contributed by atoms with Crippen molar-refractivity contribution < 1.29 is 32.2 Å². The van der Waals surface area contributed by atoms with Gasteiger partial charge in [0.2, 0.25) is 17.7 Å². The van der Waals surface area contributed by atoms with Crippen LogP contribution in [0.15, 0.2) is 28.7 Å². The van der Waals surface area contributed by atoms with Crippen LogP contribution in [0.1, 0.15) is 55.4 Å². The number of benzene rings is 1. The summed E-state index contributed by atoms with van der Waals surface area (Å²) >= 11 is 5.85. The van der Waals surface area contributed by atoms with E-state index in [0.717, 1.165) is 5.56 Å². The van der Waals surface area contributed by atoms with Crippen LogP contribution < -0.4 is 5.32 Å². The Morgan fingerprint density at radius 3 is 2.53 bits per heavy atom. The summed E-state index contributed by atoms with van der Waals surface area (Å²) in [5.74, 6) is 0.144. The molecule has 4 aliphatic carbocycles. The van der Waals surface area contributed by atoms with E-state index in [1.807, 2.05) is 0 Å². The highest BCUT2D eigenvalue weighted by molar-refractivity contribution is 6.30. The number of hydrogen-bond acceptors (Lipinski definition) is 6. The average Bonchev–Trinajstić information content (AvgIpc) is 3.09. The maximum absolute atomic E-state index is 12.4. The van der Waals surface area contributed by atoms with Gasteiger partial charge in [-0.25, -0.2) is 0 Å². The van der Waals surface area contributed by atoms with E-state index in [1.54, 1.807) is 24.3 Å². The summed E-state index contributed by atoms with van der Waals surface area (Å²) in [4.78, 5) is 12.4. The van der Waals surface area contributed by atoms with Crippen LogP contribution in [0.3, 0.4) is 0 Å². The van der Waals surface area contributed by atoms with Gasteiger partial charge in [-0.05, 0) is 49.8 Å². The lowest BCUT2D eigenvalue weighted by Crippen LogP contribution is -2.77. The first-order valence-electron chi connectivity index (χ1n) is 10.4. The third-order valence-electron chi connectivity index (χ3n) is 6.70. The monoisotopic (exact) mass is 471 g/mol. The van der Waals surface area contributed by atoms with Crippen molar-refractivity contribution in [3.05, 3.63) is 46.6 Å². The highest BCUT2D eigenvalue weighted by atomic mass is 35.5. The predicted octanol–water partition coefficient (Wildman–Crippen LogP) is 3.40. The lowest BCUT2D eigenvalue weighted by Gasteiger charge is -2.68. The maximum atomic E-state index is 12.4. The summed E-state index contributed by atoms with van der Waals surface area (Å²) in [6, 6.07) is 6.94. The highest BCUT2D eigenvalue weighted by Gasteiger charge is 2.72. The van der Waals surface area contributed by atoms with Gasteiger partial charge in [0.25, 0.3) is 0 Å². The Kier molecular flexibility index (Phi) is 5.03. The lowest BCUT2D eigenvalue weighted by atomic mass is 9.39. The SMILES string of the molecule is O=C(NC12CC(c3nnc([C@H]4C[C@@H](OC(F)(F)F)C4)o3)(C1)C2)C(O)Cc1ccc(Cl)cc1. The second kappa shape index (κ2) is 7.43. The minimum absolute atomic E-state index is 0.192. The number of nitrogens with zero attached hydrogens (tertiary/aromatic N) is 2. The summed E-state index contributed by atoms with van der Waals surface area (Å²) in [5.41, 5.74) is 0.128. The van der Waals surface area contributed by atoms with E-state index in [-0.39, 0.29) is 36.1 Å². The lowest BCUT2D eigenvalue weighted by molar-refractivity contribution is -0.352. The number of carbonyl (C=O) groups excluding carboxylic acids is 1. The number of aliphatic hydroxyl groups excluding tert-OH is 1. The highest BCUT2D eigenvalue weighted by Crippen LogP contribution is 2.67. The molecule has 0 spiro atoms. The molecule has 1 aromatic carbocycles. The van der Waals surface area contributed by atoms with Crippen LogP contribution in [-0.2, 0) is 21.4 Å². The van der Waals surface area contributed by atoms with E-state index in [0.29, 0.717) is 36.1 Å². The largest absolute Gasteiger partial charge is 0.522 e. The van der Waals surface area contributed by atoms with Crippen LogP contribution in [0.4, 0.5) is 13.2 Å². The zero-order chi connectivity index (χ0) is 22.7. The molecule has 1 heterocycles. The molecular formula is C21H21ClF3N3O4. The van der Waals surface area contributed by atoms with Gasteiger partial charge in [0.05, 0.1) is 11.5 Å². The van der Waals surface area contributed by atoms with Crippen molar-refractivity contribution in [2.45, 2.75) is 74.0 Å². The summed E-state index contributed by atoms with van der Waals surface area (Å²) in [5, 5.41) is 21.9. The van der Waals surface area contributed by atoms with Crippen LogP contribution in [0.2, 0.25) is 5.02 Å². The maximum Gasteiger partial charge on any atom is 0.522 e. The second-order valence-corrected chi connectivity index (χ2v) is 9.66. The van der Waals surface area contributed by atoms with Gasteiger partial charge in [-0.1, -0.05) is 23.7 Å². The minimum atomic E-state index is -4.64. The van der Waals surface area contributed by atoms with Crippen molar-refractivity contribution in [1.82, 2.24) is 15.5 Å². The Morgan fingerprint density at radius 2 is 1.91 bits per heavy atom. The number of carbonyl (C=O) groups is 1. The van der Waals surface area contributed by atoms with Gasteiger partial charge in [-0.3, -0.25) is 9.53 Å². The number of alkyl halides is 3. The van der Waals surface area contributed by atoms with Crippen molar-refractivity contribution in [2.75, 3.05) is 0 Å². The van der Waals surface area contributed by atoms with Crippen LogP contribution in [-0.4, -0.2) is 45.3 Å². The number of aromatic nitrogens is 2. The number of amides is 1. The van der Waals surface area contributed by atoms with Crippen molar-refractivity contribution >= 4 is 17.5 Å². The Hall–Kier alpha value is -2.17. The van der Waals surface area contributed by atoms with Crippen LogP contribution in [0, 0.1) is 0 Å². The summed E-state index contributed by atoms with van der Waals surface area (Å²) in [7, 11) is 0. The third-order valence-corrected chi connectivity index (χ3v) is 6.95. The molecule has 0 saturated heterocycles. The number of rotatable bonds is 7. The molecule has 0 aliphatic heterocycles. The summed E-state index contributed by atoms with van der Waals surface area (Å²) in [6.45, 7) is 0. The molecule has 1 atom stereocenters. The first kappa shape index (κ1) is 21.7. The van der Waals surface area contributed by atoms with Crippen molar-refractivity contribution in [2.24, 2.45) is 0 Å². The number of ether oxygens (including phenoxy) is 1. The Morgan fingerprint density at radius 1 is 1.25 bits per heavy atom. The molecule has 0 radical (unpaired) electrons. The van der Waals surface area contributed by atoms with Gasteiger partial charge >= 0.3 is 6.36 Å². The van der Waals surface area contributed by atoms with Gasteiger partial charge in [0.15, 0.2) is 0 Å². The van der Waals surface area contributed by atoms with Gasteiger partial charge in [0.1, 0.15) is 6.10 Å². The number of hydrogen-bond donors (Lipinski definition) is 2. The van der Waals surface area contributed by atoms with E-state index >= 15 is 0 Å². The molecule has 6 rings (SSSR count). The van der Waals surface area contributed by atoms with Crippen LogP contribution in [0.5, 0.6) is 0 Å². The molecule has 4 fully saturated rings. The Bertz CT molecular complexity index is 1000. The van der Waals surface area contributed by atoms with E-state index in [4.69, 9.17) is 16.0 Å². The number of aliphatic hydroxyl groups is 1. The molecular weight excluding hydrogens is 451 g/mol. The second-order valence-electron chi connectivity index (χ2n) is 9.23. The first-order valence-corrected chi connectivity index (χ1v) is 10.8. The number of halogens is 4. The average molecular weight is 472 g/mol.